The molecule has 0 unspecified atom stereocenters. The number of pyridine rings is 2. The fourth-order valence-electron chi connectivity index (χ4n) is 3.80. The van der Waals surface area contributed by atoms with Crippen LogP contribution >= 0.6 is 0 Å². The number of methoxy groups -OCH3 is 1. The number of carbonyl (C=O) groups excluding carboxylic acids is 2. The molecule has 0 atom stereocenters. The van der Waals surface area contributed by atoms with Gasteiger partial charge >= 0.3 is 0 Å². The summed E-state index contributed by atoms with van der Waals surface area (Å²) in [5.41, 5.74) is 2.70. The predicted molar refractivity (Wildman–Crippen MR) is 153 cm³/mol. The first-order chi connectivity index (χ1) is 18.9. The van der Waals surface area contributed by atoms with E-state index in [1.807, 2.05) is 38.1 Å². The number of aryl methyl sites for hydroxylation is 1. The number of nitrogens with one attached hydrogen (secondary N) is 2. The highest BCUT2D eigenvalue weighted by Gasteiger charge is 2.13. The van der Waals surface area contributed by atoms with Gasteiger partial charge in [-0.25, -0.2) is 4.98 Å². The summed E-state index contributed by atoms with van der Waals surface area (Å²) in [5.74, 6) is 1.54. The van der Waals surface area contributed by atoms with Gasteiger partial charge in [-0.15, -0.1) is 0 Å². The minimum absolute atomic E-state index is 0.260. The van der Waals surface area contributed by atoms with Gasteiger partial charge in [-0.1, -0.05) is 13.0 Å². The Labute approximate surface area is 227 Å². The summed E-state index contributed by atoms with van der Waals surface area (Å²) in [7, 11) is 5.39. The van der Waals surface area contributed by atoms with Crippen LogP contribution in [-0.2, 0) is 11.2 Å². The minimum Gasteiger partial charge on any atom is -0.494 e. The van der Waals surface area contributed by atoms with E-state index in [-0.39, 0.29) is 11.8 Å². The van der Waals surface area contributed by atoms with Crippen molar-refractivity contribution in [3.63, 3.8) is 0 Å². The van der Waals surface area contributed by atoms with Crippen molar-refractivity contribution in [2.45, 2.75) is 13.3 Å². The number of benzene rings is 2. The summed E-state index contributed by atoms with van der Waals surface area (Å²) in [6.45, 7) is 2.69. The SMILES string of the molecule is CCc1ccnc(NC(=O)c2ccc(Oc3ccnc4cc(OC)c(NC(=O)/C=C/CN(C)C)cc34)cc2)c1. The molecular weight excluding hydrogens is 494 g/mol. The fourth-order valence-corrected chi connectivity index (χ4v) is 3.80. The van der Waals surface area contributed by atoms with Crippen molar-refractivity contribution in [3.8, 4) is 17.2 Å². The molecule has 2 amide bonds. The van der Waals surface area contributed by atoms with Gasteiger partial charge in [0, 0.05) is 42.0 Å². The molecular formula is C30H31N5O4. The molecule has 0 aliphatic heterocycles. The van der Waals surface area contributed by atoms with Gasteiger partial charge in [0.2, 0.25) is 5.91 Å². The van der Waals surface area contributed by atoms with Crippen LogP contribution in [0.1, 0.15) is 22.8 Å². The van der Waals surface area contributed by atoms with E-state index in [4.69, 9.17) is 9.47 Å². The lowest BCUT2D eigenvalue weighted by Crippen LogP contribution is -2.13. The number of hydrogen-bond donors (Lipinski definition) is 2. The summed E-state index contributed by atoms with van der Waals surface area (Å²) >= 11 is 0. The van der Waals surface area contributed by atoms with Crippen LogP contribution in [0.5, 0.6) is 17.2 Å². The van der Waals surface area contributed by atoms with Crippen molar-refractivity contribution in [1.29, 1.82) is 0 Å². The second-order valence-electron chi connectivity index (χ2n) is 9.02. The van der Waals surface area contributed by atoms with Gasteiger partial charge in [0.15, 0.2) is 0 Å². The Morgan fingerprint density at radius 1 is 0.949 bits per heavy atom. The molecule has 39 heavy (non-hydrogen) atoms. The number of rotatable bonds is 10. The van der Waals surface area contributed by atoms with E-state index in [1.165, 1.54) is 13.2 Å². The van der Waals surface area contributed by atoms with Crippen molar-refractivity contribution >= 4 is 34.2 Å². The summed E-state index contributed by atoms with van der Waals surface area (Å²) in [6, 6.07) is 15.8. The third-order valence-electron chi connectivity index (χ3n) is 5.84. The first-order valence-electron chi connectivity index (χ1n) is 12.5. The van der Waals surface area contributed by atoms with E-state index in [0.29, 0.717) is 51.8 Å². The highest BCUT2D eigenvalue weighted by Crippen LogP contribution is 2.35. The monoisotopic (exact) mass is 525 g/mol. The number of fused-ring (bicyclic) bond motifs is 1. The zero-order valence-electron chi connectivity index (χ0n) is 22.4. The molecule has 2 N–H and O–H groups in total. The lowest BCUT2D eigenvalue weighted by molar-refractivity contribution is -0.111. The van der Waals surface area contributed by atoms with Gasteiger partial charge in [0.1, 0.15) is 23.1 Å². The number of amides is 2. The number of aromatic nitrogens is 2. The molecule has 0 radical (unpaired) electrons. The van der Waals surface area contributed by atoms with Gasteiger partial charge < -0.3 is 25.0 Å². The number of carbonyl (C=O) groups is 2. The first-order valence-corrected chi connectivity index (χ1v) is 12.5. The second kappa shape index (κ2) is 12.7. The van der Waals surface area contributed by atoms with Crippen LogP contribution in [0.25, 0.3) is 10.9 Å². The van der Waals surface area contributed by atoms with Crippen molar-refractivity contribution in [3.05, 3.63) is 90.3 Å². The second-order valence-corrected chi connectivity index (χ2v) is 9.02. The number of anilines is 2. The summed E-state index contributed by atoms with van der Waals surface area (Å²) < 4.78 is 11.6. The van der Waals surface area contributed by atoms with Gasteiger partial charge in [-0.05, 0) is 74.6 Å². The quantitative estimate of drug-likeness (QED) is 0.271. The molecule has 9 nitrogen and oxygen atoms in total. The van der Waals surface area contributed by atoms with E-state index in [0.717, 1.165) is 12.0 Å². The molecule has 0 aliphatic carbocycles. The smallest absolute Gasteiger partial charge is 0.256 e. The Hall–Kier alpha value is -4.76. The van der Waals surface area contributed by atoms with Crippen molar-refractivity contribution in [2.24, 2.45) is 0 Å². The molecule has 9 heteroatoms. The molecule has 0 spiro atoms. The van der Waals surface area contributed by atoms with E-state index in [2.05, 4.69) is 20.6 Å². The minimum atomic E-state index is -0.272. The number of hydrogen-bond acceptors (Lipinski definition) is 7. The Morgan fingerprint density at radius 3 is 2.44 bits per heavy atom. The van der Waals surface area contributed by atoms with Crippen LogP contribution in [0.15, 0.2) is 79.1 Å². The molecule has 200 valence electrons. The Morgan fingerprint density at radius 2 is 1.72 bits per heavy atom. The maximum Gasteiger partial charge on any atom is 0.256 e. The van der Waals surface area contributed by atoms with Crippen LogP contribution in [0.2, 0.25) is 0 Å². The largest absolute Gasteiger partial charge is 0.494 e. The van der Waals surface area contributed by atoms with E-state index in [9.17, 15) is 9.59 Å². The molecule has 2 aromatic carbocycles. The van der Waals surface area contributed by atoms with Gasteiger partial charge in [-0.3, -0.25) is 14.6 Å². The maximum absolute atomic E-state index is 12.7. The van der Waals surface area contributed by atoms with Crippen LogP contribution in [0.3, 0.4) is 0 Å². The molecule has 0 fully saturated rings. The molecule has 4 aromatic rings. The number of likely N-dealkylation sites (N-methyl/N-ethyl adjacent to an activating group) is 1. The van der Waals surface area contributed by atoms with E-state index in [1.54, 1.807) is 60.9 Å². The fraction of sp³-hybridized carbons (Fsp3) is 0.200. The normalized spacial score (nSPS) is 11.1. The summed E-state index contributed by atoms with van der Waals surface area (Å²) in [5, 5.41) is 6.38. The lowest BCUT2D eigenvalue weighted by atomic mass is 10.1. The topological polar surface area (TPSA) is 106 Å². The molecule has 0 saturated heterocycles. The number of nitrogens with zero attached hydrogens (tertiary/aromatic N) is 3. The zero-order valence-corrected chi connectivity index (χ0v) is 22.4. The van der Waals surface area contributed by atoms with E-state index < -0.39 is 0 Å². The van der Waals surface area contributed by atoms with E-state index >= 15 is 0 Å². The summed E-state index contributed by atoms with van der Waals surface area (Å²) in [6.07, 6.45) is 7.44. The average molecular weight is 526 g/mol. The van der Waals surface area contributed by atoms with Crippen molar-refractivity contribution in [1.82, 2.24) is 14.9 Å². The maximum atomic E-state index is 12.7. The standard InChI is InChI=1S/C30H31N5O4/c1-5-20-12-14-32-28(17-20)34-30(37)21-8-10-22(11-9-21)39-26-13-15-31-24-19-27(38-4)25(18-23(24)26)33-29(36)7-6-16-35(2)3/h6-15,17-19H,5,16H2,1-4H3,(H,33,36)(H,32,34,37)/b7-6+. The molecule has 4 rings (SSSR count). The number of ether oxygens (including phenoxy) is 2. The summed E-state index contributed by atoms with van der Waals surface area (Å²) in [4.78, 5) is 35.7. The van der Waals surface area contributed by atoms with Gasteiger partial charge in [0.25, 0.3) is 5.91 Å². The molecule has 2 aromatic heterocycles. The van der Waals surface area contributed by atoms with Crippen molar-refractivity contribution in [2.75, 3.05) is 38.4 Å². The third kappa shape index (κ3) is 7.18. The Kier molecular flexibility index (Phi) is 8.86. The highest BCUT2D eigenvalue weighted by molar-refractivity contribution is 6.04. The Bertz CT molecular complexity index is 1500. The van der Waals surface area contributed by atoms with Crippen LogP contribution in [-0.4, -0.2) is 54.4 Å². The zero-order chi connectivity index (χ0) is 27.8. The molecule has 0 saturated carbocycles. The third-order valence-corrected chi connectivity index (χ3v) is 5.84. The Balaban J connectivity index is 1.52. The molecule has 0 aliphatic rings. The lowest BCUT2D eigenvalue weighted by Gasteiger charge is -2.14. The molecule has 0 bridgehead atoms. The van der Waals surface area contributed by atoms with Gasteiger partial charge in [0.05, 0.1) is 18.3 Å². The molecule has 2 heterocycles. The first kappa shape index (κ1) is 27.3. The predicted octanol–water partition coefficient (Wildman–Crippen LogP) is 5.30. The van der Waals surface area contributed by atoms with Crippen molar-refractivity contribution < 1.29 is 19.1 Å². The van der Waals surface area contributed by atoms with Crippen LogP contribution < -0.4 is 20.1 Å². The van der Waals surface area contributed by atoms with Crippen LogP contribution in [0, 0.1) is 0 Å². The highest BCUT2D eigenvalue weighted by atomic mass is 16.5. The van der Waals surface area contributed by atoms with Gasteiger partial charge in [-0.2, -0.15) is 0 Å². The van der Waals surface area contributed by atoms with Crippen LogP contribution in [0.4, 0.5) is 11.5 Å². The average Bonchev–Trinajstić information content (AvgIpc) is 2.93.